The number of hydrogen-bond donors (Lipinski definition) is 1. The van der Waals surface area contributed by atoms with Gasteiger partial charge >= 0.3 is 12.1 Å². The average molecular weight is 380 g/mol. The van der Waals surface area contributed by atoms with Gasteiger partial charge in [-0.25, -0.2) is 9.59 Å². The summed E-state index contributed by atoms with van der Waals surface area (Å²) in [4.78, 5) is 40.9. The van der Waals surface area contributed by atoms with Crippen molar-refractivity contribution in [2.45, 2.75) is 71.2 Å². The number of hydrogen-bond acceptors (Lipinski definition) is 6. The number of amides is 2. The lowest BCUT2D eigenvalue weighted by molar-refractivity contribution is -0.163. The number of nitrogens with zero attached hydrogens (tertiary/aromatic N) is 2. The second-order valence-corrected chi connectivity index (χ2v) is 9.35. The Hall–Kier alpha value is -2.09. The molecule has 0 saturated carbocycles. The third-order valence-corrected chi connectivity index (χ3v) is 4.86. The maximum Gasteiger partial charge on any atom is 0.411 e. The second-order valence-electron chi connectivity index (χ2n) is 9.35. The van der Waals surface area contributed by atoms with E-state index in [0.717, 1.165) is 0 Å². The first kappa shape index (κ1) is 19.7. The van der Waals surface area contributed by atoms with Gasteiger partial charge < -0.3 is 14.6 Å². The van der Waals surface area contributed by atoms with Crippen molar-refractivity contribution in [1.82, 2.24) is 9.80 Å². The Kier molecular flexibility index (Phi) is 4.53. The van der Waals surface area contributed by atoms with Crippen molar-refractivity contribution in [1.29, 1.82) is 0 Å². The fourth-order valence-electron chi connectivity index (χ4n) is 4.00. The first-order chi connectivity index (χ1) is 12.3. The van der Waals surface area contributed by atoms with Gasteiger partial charge in [-0.2, -0.15) is 0 Å². The van der Waals surface area contributed by atoms with Gasteiger partial charge in [0.1, 0.15) is 22.9 Å². The van der Waals surface area contributed by atoms with E-state index in [1.807, 2.05) is 0 Å². The summed E-state index contributed by atoms with van der Waals surface area (Å²) in [5, 5.41) is 9.77. The third-order valence-electron chi connectivity index (χ3n) is 4.86. The van der Waals surface area contributed by atoms with E-state index in [-0.39, 0.29) is 30.2 Å². The number of ether oxygens (including phenoxy) is 2. The number of rotatable bonds is 2. The van der Waals surface area contributed by atoms with Gasteiger partial charge in [-0.3, -0.25) is 14.6 Å². The molecule has 3 aliphatic rings. The Bertz CT molecular complexity index is 715. The summed E-state index contributed by atoms with van der Waals surface area (Å²) in [7, 11) is 0. The van der Waals surface area contributed by atoms with Gasteiger partial charge in [0, 0.05) is 12.5 Å². The second kappa shape index (κ2) is 6.22. The molecule has 0 aromatic carbocycles. The van der Waals surface area contributed by atoms with Crippen LogP contribution in [0.25, 0.3) is 0 Å². The van der Waals surface area contributed by atoms with Crippen LogP contribution in [0.1, 0.15) is 48.0 Å². The highest BCUT2D eigenvalue weighted by Gasteiger charge is 2.64. The molecule has 150 valence electrons. The molecule has 2 fully saturated rings. The molecule has 2 amide bonds. The number of esters is 1. The summed E-state index contributed by atoms with van der Waals surface area (Å²) in [6.07, 6.45) is -0.0887. The Morgan fingerprint density at radius 1 is 1.11 bits per heavy atom. The van der Waals surface area contributed by atoms with E-state index in [0.29, 0.717) is 18.5 Å². The standard InChI is InChI=1S/C19H28N2O6/c1-18(2,3)26-16(24)13-11(9-22)7-10-8-20(17(25)27-19(4,5)6)14-12(10)21(13)15(14)23/h10,12,14,22H,7-9H2,1-6H3/t10?,12-,14?/m1/s1. The summed E-state index contributed by atoms with van der Waals surface area (Å²) in [5.74, 6) is -0.985. The summed E-state index contributed by atoms with van der Waals surface area (Å²) < 4.78 is 10.9. The van der Waals surface area contributed by atoms with E-state index in [2.05, 4.69) is 0 Å². The van der Waals surface area contributed by atoms with Crippen molar-refractivity contribution in [3.8, 4) is 0 Å². The third kappa shape index (κ3) is 3.42. The van der Waals surface area contributed by atoms with Crippen LogP contribution in [0.3, 0.4) is 0 Å². The molecule has 3 atom stereocenters. The van der Waals surface area contributed by atoms with Crippen LogP contribution in [0.2, 0.25) is 0 Å². The smallest absolute Gasteiger partial charge is 0.411 e. The zero-order chi connectivity index (χ0) is 20.3. The van der Waals surface area contributed by atoms with Gasteiger partial charge in [-0.05, 0) is 53.5 Å². The predicted molar refractivity (Wildman–Crippen MR) is 95.4 cm³/mol. The Morgan fingerprint density at radius 3 is 2.22 bits per heavy atom. The monoisotopic (exact) mass is 380 g/mol. The number of aliphatic hydroxyl groups is 1. The van der Waals surface area contributed by atoms with Crippen LogP contribution in [-0.4, -0.2) is 69.3 Å². The minimum atomic E-state index is -0.715. The summed E-state index contributed by atoms with van der Waals surface area (Å²) in [5.41, 5.74) is -0.773. The highest BCUT2D eigenvalue weighted by molar-refractivity contribution is 6.02. The van der Waals surface area contributed by atoms with Crippen LogP contribution in [0, 0.1) is 5.92 Å². The van der Waals surface area contributed by atoms with Gasteiger partial charge in [0.2, 0.25) is 0 Å². The lowest BCUT2D eigenvalue weighted by Gasteiger charge is -2.50. The van der Waals surface area contributed by atoms with Gasteiger partial charge in [-0.15, -0.1) is 0 Å². The molecule has 2 saturated heterocycles. The molecule has 0 aromatic heterocycles. The van der Waals surface area contributed by atoms with Gasteiger partial charge in [0.05, 0.1) is 12.6 Å². The number of likely N-dealkylation sites (tertiary alicyclic amines) is 1. The average Bonchev–Trinajstić information content (AvgIpc) is 2.86. The molecule has 3 heterocycles. The van der Waals surface area contributed by atoms with Crippen molar-refractivity contribution in [3.05, 3.63) is 11.3 Å². The Morgan fingerprint density at radius 2 is 1.70 bits per heavy atom. The molecule has 27 heavy (non-hydrogen) atoms. The van der Waals surface area contributed by atoms with Crippen molar-refractivity contribution in [2.75, 3.05) is 13.2 Å². The van der Waals surface area contributed by atoms with E-state index < -0.39 is 29.3 Å². The Labute approximate surface area is 159 Å². The van der Waals surface area contributed by atoms with Crippen molar-refractivity contribution in [3.63, 3.8) is 0 Å². The molecule has 1 N–H and O–H groups in total. The van der Waals surface area contributed by atoms with Gasteiger partial charge in [-0.1, -0.05) is 0 Å². The van der Waals surface area contributed by atoms with Gasteiger partial charge in [0.15, 0.2) is 0 Å². The molecule has 0 radical (unpaired) electrons. The quantitative estimate of drug-likeness (QED) is 0.575. The first-order valence-corrected chi connectivity index (χ1v) is 9.23. The lowest BCUT2D eigenvalue weighted by Crippen LogP contribution is -2.69. The molecular formula is C19H28N2O6. The Balaban J connectivity index is 1.86. The van der Waals surface area contributed by atoms with E-state index in [1.165, 1.54) is 9.80 Å². The maximum absolute atomic E-state index is 12.8. The topological polar surface area (TPSA) is 96.4 Å². The minimum Gasteiger partial charge on any atom is -0.455 e. The van der Waals surface area contributed by atoms with E-state index in [9.17, 15) is 19.5 Å². The van der Waals surface area contributed by atoms with Crippen molar-refractivity contribution >= 4 is 18.0 Å². The molecule has 0 aromatic rings. The minimum absolute atomic E-state index is 0.0337. The molecule has 0 aliphatic carbocycles. The number of β-lactam (4-membered cyclic amide) rings is 1. The lowest BCUT2D eigenvalue weighted by atomic mass is 9.79. The first-order valence-electron chi connectivity index (χ1n) is 9.23. The molecule has 3 aliphatic heterocycles. The van der Waals surface area contributed by atoms with E-state index >= 15 is 0 Å². The van der Waals surface area contributed by atoms with Crippen molar-refractivity contribution in [2.24, 2.45) is 5.92 Å². The zero-order valence-electron chi connectivity index (χ0n) is 16.7. The fraction of sp³-hybridized carbons (Fsp3) is 0.737. The molecule has 3 rings (SSSR count). The summed E-state index contributed by atoms with van der Waals surface area (Å²) in [6.45, 7) is 10.6. The van der Waals surface area contributed by atoms with E-state index in [1.54, 1.807) is 41.5 Å². The SMILES string of the molecule is CC(C)(C)OC(=O)C1=C(CO)CC2CN(C(=O)OC(C)(C)C)C3C(=O)N1[C@H]23. The molecule has 8 heteroatoms. The molecular weight excluding hydrogens is 352 g/mol. The number of carbonyl (C=O) groups excluding carboxylic acids is 3. The fourth-order valence-corrected chi connectivity index (χ4v) is 4.00. The van der Waals surface area contributed by atoms with Crippen LogP contribution < -0.4 is 0 Å². The normalized spacial score (nSPS) is 27.4. The largest absolute Gasteiger partial charge is 0.455 e. The number of carbonyl (C=O) groups is 3. The van der Waals surface area contributed by atoms with Crippen LogP contribution in [0.5, 0.6) is 0 Å². The summed E-state index contributed by atoms with van der Waals surface area (Å²) >= 11 is 0. The molecule has 0 bridgehead atoms. The summed E-state index contributed by atoms with van der Waals surface area (Å²) in [6, 6.07) is -0.898. The highest BCUT2D eigenvalue weighted by atomic mass is 16.6. The van der Waals surface area contributed by atoms with E-state index in [4.69, 9.17) is 9.47 Å². The maximum atomic E-state index is 12.8. The van der Waals surface area contributed by atoms with Crippen molar-refractivity contribution < 1.29 is 29.0 Å². The van der Waals surface area contributed by atoms with Crippen LogP contribution >= 0.6 is 0 Å². The number of aliphatic hydroxyl groups excluding tert-OH is 1. The zero-order valence-corrected chi connectivity index (χ0v) is 16.7. The molecule has 2 unspecified atom stereocenters. The van der Waals surface area contributed by atoms with Crippen LogP contribution in [0.4, 0.5) is 4.79 Å². The molecule has 8 nitrogen and oxygen atoms in total. The van der Waals surface area contributed by atoms with Crippen LogP contribution in [-0.2, 0) is 19.1 Å². The van der Waals surface area contributed by atoms with Gasteiger partial charge in [0.25, 0.3) is 5.91 Å². The van der Waals surface area contributed by atoms with Crippen LogP contribution in [0.15, 0.2) is 11.3 Å². The predicted octanol–water partition coefficient (Wildman–Crippen LogP) is 1.42. The molecule has 0 spiro atoms. The highest BCUT2D eigenvalue weighted by Crippen LogP contribution is 2.47.